The van der Waals surface area contributed by atoms with Crippen molar-refractivity contribution < 1.29 is 9.87 Å². The fourth-order valence-electron chi connectivity index (χ4n) is 0.439. The molecule has 1 aromatic rings. The van der Waals surface area contributed by atoms with E-state index in [1.807, 2.05) is 0 Å². The molecule has 2 N–H and O–H groups in total. The van der Waals surface area contributed by atoms with Gasteiger partial charge < -0.3 is 5.48 Å². The zero-order chi connectivity index (χ0) is 5.98. The summed E-state index contributed by atoms with van der Waals surface area (Å²) in [5.74, 6) is -0.215. The number of benzene rings is 1. The van der Waals surface area contributed by atoms with Crippen LogP contribution in [0.5, 0.6) is 0 Å². The molecule has 50 valence electrons. The van der Waals surface area contributed by atoms with Crippen LogP contribution < -0.4 is 0 Å². The third kappa shape index (κ3) is 2.11. The van der Waals surface area contributed by atoms with Gasteiger partial charge >= 0.3 is 0 Å². The lowest BCUT2D eigenvalue weighted by Crippen LogP contribution is -1.70. The molecule has 1 aromatic carbocycles. The minimum absolute atomic E-state index is 0. The summed E-state index contributed by atoms with van der Waals surface area (Å²) in [4.78, 5) is 0. The summed E-state index contributed by atoms with van der Waals surface area (Å²) in [7, 11) is 0. The summed E-state index contributed by atoms with van der Waals surface area (Å²) in [6, 6.07) is 6.49. The van der Waals surface area contributed by atoms with Crippen molar-refractivity contribution >= 4 is 15.9 Å². The molecule has 0 bridgehead atoms. The smallest absolute Gasteiger partial charge is 0.137 e. The molecule has 0 aliphatic rings. The van der Waals surface area contributed by atoms with Crippen molar-refractivity contribution in [3.05, 3.63) is 34.6 Å². The highest BCUT2D eigenvalue weighted by Gasteiger charge is 1.90. The molecule has 0 amide bonds. The lowest BCUT2D eigenvalue weighted by Gasteiger charge is -1.87. The maximum absolute atomic E-state index is 12.3. The first-order chi connectivity index (χ1) is 3.80. The molecular weight excluding hydrogens is 187 g/mol. The van der Waals surface area contributed by atoms with Gasteiger partial charge in [0.2, 0.25) is 0 Å². The van der Waals surface area contributed by atoms with Crippen LogP contribution in [0, 0.1) is 5.82 Å². The normalized spacial score (nSPS) is 8.22. The summed E-state index contributed by atoms with van der Waals surface area (Å²) in [6.45, 7) is 0. The van der Waals surface area contributed by atoms with Gasteiger partial charge in [0, 0.05) is 0 Å². The van der Waals surface area contributed by atoms with Gasteiger partial charge in [-0.15, -0.1) is 0 Å². The molecule has 1 rings (SSSR count). The van der Waals surface area contributed by atoms with E-state index in [1.165, 1.54) is 6.07 Å². The van der Waals surface area contributed by atoms with E-state index >= 15 is 0 Å². The maximum Gasteiger partial charge on any atom is 0.137 e. The van der Waals surface area contributed by atoms with E-state index in [2.05, 4.69) is 15.9 Å². The Morgan fingerprint density at radius 3 is 2.11 bits per heavy atom. The fourth-order valence-corrected chi connectivity index (χ4v) is 0.724. The van der Waals surface area contributed by atoms with Gasteiger partial charge in [0.15, 0.2) is 0 Å². The van der Waals surface area contributed by atoms with Crippen LogP contribution in [0.1, 0.15) is 0 Å². The van der Waals surface area contributed by atoms with E-state index in [0.717, 1.165) is 0 Å². The molecule has 1 nitrogen and oxygen atoms in total. The molecule has 3 heteroatoms. The van der Waals surface area contributed by atoms with Crippen LogP contribution in [0.4, 0.5) is 4.39 Å². The predicted octanol–water partition coefficient (Wildman–Crippen LogP) is 1.76. The van der Waals surface area contributed by atoms with E-state index in [0.29, 0.717) is 4.47 Å². The molecule has 0 saturated carbocycles. The predicted molar refractivity (Wildman–Crippen MR) is 37.7 cm³/mol. The third-order valence-electron chi connectivity index (χ3n) is 0.824. The van der Waals surface area contributed by atoms with E-state index in [1.54, 1.807) is 18.2 Å². The minimum atomic E-state index is -0.215. The highest BCUT2D eigenvalue weighted by Crippen LogP contribution is 2.12. The molecule has 0 aliphatic carbocycles. The van der Waals surface area contributed by atoms with E-state index in [9.17, 15) is 4.39 Å². The highest BCUT2D eigenvalue weighted by molar-refractivity contribution is 9.10. The van der Waals surface area contributed by atoms with Crippen molar-refractivity contribution in [3.63, 3.8) is 0 Å². The third-order valence-corrected chi connectivity index (χ3v) is 1.47. The molecule has 0 unspecified atom stereocenters. The summed E-state index contributed by atoms with van der Waals surface area (Å²) >= 11 is 3.02. The summed E-state index contributed by atoms with van der Waals surface area (Å²) < 4.78 is 12.8. The average molecular weight is 193 g/mol. The van der Waals surface area contributed by atoms with Crippen molar-refractivity contribution in [3.8, 4) is 0 Å². The van der Waals surface area contributed by atoms with Crippen LogP contribution in [0.2, 0.25) is 0 Å². The number of rotatable bonds is 0. The average Bonchev–Trinajstić information content (AvgIpc) is 1.77. The van der Waals surface area contributed by atoms with Gasteiger partial charge in [-0.25, -0.2) is 4.39 Å². The highest BCUT2D eigenvalue weighted by atomic mass is 79.9. The Hall–Kier alpha value is -0.410. The Labute approximate surface area is 60.9 Å². The SMILES string of the molecule is Fc1ccccc1Br.O. The Kier molecular flexibility index (Phi) is 3.42. The largest absolute Gasteiger partial charge is 0.412 e. The van der Waals surface area contributed by atoms with Crippen LogP contribution >= 0.6 is 15.9 Å². The lowest BCUT2D eigenvalue weighted by atomic mass is 10.4. The number of hydrogen-bond donors (Lipinski definition) is 0. The van der Waals surface area contributed by atoms with Crippen LogP contribution in [-0.4, -0.2) is 5.48 Å². The molecule has 0 heterocycles. The summed E-state index contributed by atoms with van der Waals surface area (Å²) in [6.07, 6.45) is 0. The van der Waals surface area contributed by atoms with Crippen LogP contribution in [0.3, 0.4) is 0 Å². The second-order valence-electron chi connectivity index (χ2n) is 1.41. The monoisotopic (exact) mass is 192 g/mol. The molecule has 0 aromatic heterocycles. The number of hydrogen-bond acceptors (Lipinski definition) is 0. The van der Waals surface area contributed by atoms with Crippen molar-refractivity contribution in [1.82, 2.24) is 0 Å². The Morgan fingerprint density at radius 2 is 1.78 bits per heavy atom. The molecule has 0 aliphatic heterocycles. The molecule has 0 spiro atoms. The minimum Gasteiger partial charge on any atom is -0.412 e. The summed E-state index contributed by atoms with van der Waals surface area (Å²) in [5, 5.41) is 0. The fraction of sp³-hybridized carbons (Fsp3) is 0. The Balaban J connectivity index is 0.000000640. The van der Waals surface area contributed by atoms with Gasteiger partial charge in [0.25, 0.3) is 0 Å². The van der Waals surface area contributed by atoms with Gasteiger partial charge in [-0.1, -0.05) is 12.1 Å². The molecule has 9 heavy (non-hydrogen) atoms. The van der Waals surface area contributed by atoms with Gasteiger partial charge in [0.05, 0.1) is 4.47 Å². The van der Waals surface area contributed by atoms with Crippen molar-refractivity contribution in [1.29, 1.82) is 0 Å². The Morgan fingerprint density at radius 1 is 1.22 bits per heavy atom. The van der Waals surface area contributed by atoms with E-state index < -0.39 is 0 Å². The molecule has 0 atom stereocenters. The van der Waals surface area contributed by atoms with Gasteiger partial charge in [-0.3, -0.25) is 0 Å². The van der Waals surface area contributed by atoms with Crippen LogP contribution in [0.15, 0.2) is 28.7 Å². The molecular formula is C6H6BrFO. The van der Waals surface area contributed by atoms with Gasteiger partial charge in [-0.05, 0) is 28.1 Å². The first kappa shape index (κ1) is 8.59. The Bertz CT molecular complexity index is 169. The second-order valence-corrected chi connectivity index (χ2v) is 2.27. The standard InChI is InChI=1S/C6H4BrF.H2O/c7-5-3-1-2-4-6(5)8;/h1-4H;1H2. The molecule has 0 radical (unpaired) electrons. The quantitative estimate of drug-likeness (QED) is 0.601. The van der Waals surface area contributed by atoms with E-state index in [-0.39, 0.29) is 11.3 Å². The van der Waals surface area contributed by atoms with Crippen molar-refractivity contribution in [2.45, 2.75) is 0 Å². The number of halogens is 2. The topological polar surface area (TPSA) is 31.5 Å². The first-order valence-electron chi connectivity index (χ1n) is 2.21. The van der Waals surface area contributed by atoms with Gasteiger partial charge in [-0.2, -0.15) is 0 Å². The lowest BCUT2D eigenvalue weighted by molar-refractivity contribution is 0.621. The molecule has 0 fully saturated rings. The van der Waals surface area contributed by atoms with Crippen LogP contribution in [-0.2, 0) is 0 Å². The second kappa shape index (κ2) is 3.58. The first-order valence-corrected chi connectivity index (χ1v) is 3.00. The summed E-state index contributed by atoms with van der Waals surface area (Å²) in [5.41, 5.74) is 0. The van der Waals surface area contributed by atoms with E-state index in [4.69, 9.17) is 0 Å². The molecule has 0 saturated heterocycles. The zero-order valence-electron chi connectivity index (χ0n) is 4.57. The van der Waals surface area contributed by atoms with Crippen LogP contribution in [0.25, 0.3) is 0 Å². The van der Waals surface area contributed by atoms with Crippen molar-refractivity contribution in [2.75, 3.05) is 0 Å². The maximum atomic E-state index is 12.3. The van der Waals surface area contributed by atoms with Crippen molar-refractivity contribution in [2.24, 2.45) is 0 Å². The van der Waals surface area contributed by atoms with Gasteiger partial charge in [0.1, 0.15) is 5.82 Å². The zero-order valence-corrected chi connectivity index (χ0v) is 6.15.